The van der Waals surface area contributed by atoms with E-state index in [-0.39, 0.29) is 5.91 Å². The van der Waals surface area contributed by atoms with Gasteiger partial charge in [0.25, 0.3) is 5.91 Å². The Kier molecular flexibility index (Phi) is 3.87. The number of piperidine rings is 1. The summed E-state index contributed by atoms with van der Waals surface area (Å²) < 4.78 is 5.22. The van der Waals surface area contributed by atoms with Crippen LogP contribution in [0.25, 0.3) is 0 Å². The summed E-state index contributed by atoms with van der Waals surface area (Å²) in [6.45, 7) is 3.08. The second-order valence-electron chi connectivity index (χ2n) is 4.73. The van der Waals surface area contributed by atoms with Crippen molar-refractivity contribution in [3.63, 3.8) is 0 Å². The van der Waals surface area contributed by atoms with Gasteiger partial charge in [0.15, 0.2) is 0 Å². The topological polar surface area (TPSA) is 49.8 Å². The Labute approximate surface area is 107 Å². The fourth-order valence-corrected chi connectivity index (χ4v) is 2.27. The number of ether oxygens (including phenoxy) is 1. The zero-order valence-electron chi connectivity index (χ0n) is 10.8. The summed E-state index contributed by atoms with van der Waals surface area (Å²) in [6, 6.07) is 5.45. The molecule has 0 radical (unpaired) electrons. The number of rotatable bonds is 2. The van der Waals surface area contributed by atoms with Crippen molar-refractivity contribution in [2.24, 2.45) is 0 Å². The van der Waals surface area contributed by atoms with E-state index in [1.54, 1.807) is 24.1 Å². The third kappa shape index (κ3) is 2.64. The SMILES string of the molecule is COc1cc(C(=O)N2CCC[C@H](O)C2)ccc1C. The molecule has 0 unspecified atom stereocenters. The van der Waals surface area contributed by atoms with Crippen molar-refractivity contribution in [2.45, 2.75) is 25.9 Å². The number of benzene rings is 1. The van der Waals surface area contributed by atoms with E-state index < -0.39 is 6.10 Å². The van der Waals surface area contributed by atoms with Gasteiger partial charge in [0.1, 0.15) is 5.75 Å². The largest absolute Gasteiger partial charge is 0.496 e. The maximum atomic E-state index is 12.3. The van der Waals surface area contributed by atoms with E-state index in [9.17, 15) is 9.90 Å². The summed E-state index contributed by atoms with van der Waals surface area (Å²) in [6.07, 6.45) is 1.24. The molecule has 1 aromatic rings. The molecule has 4 heteroatoms. The van der Waals surface area contributed by atoms with Crippen molar-refractivity contribution in [1.29, 1.82) is 0 Å². The average Bonchev–Trinajstić information content (AvgIpc) is 2.38. The Morgan fingerprint density at radius 3 is 2.94 bits per heavy atom. The average molecular weight is 249 g/mol. The van der Waals surface area contributed by atoms with Gasteiger partial charge in [0.2, 0.25) is 0 Å². The first-order chi connectivity index (χ1) is 8.61. The second kappa shape index (κ2) is 5.40. The number of hydrogen-bond acceptors (Lipinski definition) is 3. The number of methoxy groups -OCH3 is 1. The van der Waals surface area contributed by atoms with Gasteiger partial charge in [-0.2, -0.15) is 0 Å². The molecule has 0 aliphatic carbocycles. The first-order valence-corrected chi connectivity index (χ1v) is 6.24. The number of carbonyl (C=O) groups excluding carboxylic acids is 1. The van der Waals surface area contributed by atoms with Gasteiger partial charge >= 0.3 is 0 Å². The summed E-state index contributed by atoms with van der Waals surface area (Å²) >= 11 is 0. The smallest absolute Gasteiger partial charge is 0.254 e. The molecule has 2 rings (SSSR count). The van der Waals surface area contributed by atoms with Crippen LogP contribution >= 0.6 is 0 Å². The molecule has 1 fully saturated rings. The molecule has 0 spiro atoms. The van der Waals surface area contributed by atoms with E-state index in [1.165, 1.54) is 0 Å². The highest BCUT2D eigenvalue weighted by Gasteiger charge is 2.23. The molecular formula is C14H19NO3. The van der Waals surface area contributed by atoms with Crippen LogP contribution < -0.4 is 4.74 Å². The van der Waals surface area contributed by atoms with E-state index >= 15 is 0 Å². The van der Waals surface area contributed by atoms with E-state index in [0.717, 1.165) is 24.2 Å². The molecule has 1 N–H and O–H groups in total. The van der Waals surface area contributed by atoms with Crippen LogP contribution in [-0.4, -0.2) is 42.2 Å². The summed E-state index contributed by atoms with van der Waals surface area (Å²) in [5, 5.41) is 9.60. The molecule has 1 amide bonds. The van der Waals surface area contributed by atoms with Crippen molar-refractivity contribution < 1.29 is 14.6 Å². The maximum absolute atomic E-state index is 12.3. The van der Waals surface area contributed by atoms with Gasteiger partial charge in [-0.05, 0) is 37.5 Å². The number of aryl methyl sites for hydroxylation is 1. The Morgan fingerprint density at radius 1 is 1.50 bits per heavy atom. The second-order valence-corrected chi connectivity index (χ2v) is 4.73. The van der Waals surface area contributed by atoms with Crippen molar-refractivity contribution in [2.75, 3.05) is 20.2 Å². The Hall–Kier alpha value is -1.55. The van der Waals surface area contributed by atoms with Crippen LogP contribution in [-0.2, 0) is 0 Å². The molecule has 1 aliphatic rings. The van der Waals surface area contributed by atoms with E-state index in [0.29, 0.717) is 18.7 Å². The van der Waals surface area contributed by atoms with Gasteiger partial charge in [-0.25, -0.2) is 0 Å². The summed E-state index contributed by atoms with van der Waals surface area (Å²) in [4.78, 5) is 14.0. The number of amides is 1. The number of β-amino-alcohol motifs (C(OH)–C–C–N with tert-alkyl or cyclic N) is 1. The van der Waals surface area contributed by atoms with Crippen LogP contribution in [0.4, 0.5) is 0 Å². The number of carbonyl (C=O) groups is 1. The van der Waals surface area contributed by atoms with Gasteiger partial charge < -0.3 is 14.7 Å². The molecular weight excluding hydrogens is 230 g/mol. The van der Waals surface area contributed by atoms with E-state index in [1.807, 2.05) is 13.0 Å². The Bertz CT molecular complexity index is 445. The molecule has 0 saturated carbocycles. The normalized spacial score (nSPS) is 19.7. The van der Waals surface area contributed by atoms with Gasteiger partial charge in [0, 0.05) is 18.7 Å². The fraction of sp³-hybridized carbons (Fsp3) is 0.500. The fourth-order valence-electron chi connectivity index (χ4n) is 2.27. The predicted molar refractivity (Wildman–Crippen MR) is 68.9 cm³/mol. The summed E-state index contributed by atoms with van der Waals surface area (Å²) in [7, 11) is 1.60. The Balaban J connectivity index is 2.17. The summed E-state index contributed by atoms with van der Waals surface area (Å²) in [5.41, 5.74) is 1.62. The quantitative estimate of drug-likeness (QED) is 0.866. The third-order valence-electron chi connectivity index (χ3n) is 3.34. The molecule has 1 aliphatic heterocycles. The van der Waals surface area contributed by atoms with Crippen LogP contribution in [0.1, 0.15) is 28.8 Å². The van der Waals surface area contributed by atoms with Crippen molar-refractivity contribution in [1.82, 2.24) is 4.90 Å². The first-order valence-electron chi connectivity index (χ1n) is 6.24. The highest BCUT2D eigenvalue weighted by Crippen LogP contribution is 2.21. The van der Waals surface area contributed by atoms with Gasteiger partial charge in [-0.15, -0.1) is 0 Å². The molecule has 0 aromatic heterocycles. The molecule has 1 aromatic carbocycles. The van der Waals surface area contributed by atoms with Crippen molar-refractivity contribution in [3.05, 3.63) is 29.3 Å². The standard InChI is InChI=1S/C14H19NO3/c1-10-5-6-11(8-13(10)18-2)14(17)15-7-3-4-12(16)9-15/h5-6,8,12,16H,3-4,7,9H2,1-2H3/t12-/m0/s1. The Morgan fingerprint density at radius 2 is 2.28 bits per heavy atom. The molecule has 4 nitrogen and oxygen atoms in total. The minimum absolute atomic E-state index is 0.0351. The number of nitrogens with zero attached hydrogens (tertiary/aromatic N) is 1. The van der Waals surface area contributed by atoms with Gasteiger partial charge in [-0.3, -0.25) is 4.79 Å². The molecule has 1 heterocycles. The number of aliphatic hydroxyl groups is 1. The predicted octanol–water partition coefficient (Wildman–Crippen LogP) is 1.60. The zero-order chi connectivity index (χ0) is 13.1. The highest BCUT2D eigenvalue weighted by atomic mass is 16.5. The minimum atomic E-state index is -0.393. The van der Waals surface area contributed by atoms with Crippen molar-refractivity contribution in [3.8, 4) is 5.75 Å². The molecule has 98 valence electrons. The third-order valence-corrected chi connectivity index (χ3v) is 3.34. The molecule has 1 saturated heterocycles. The van der Waals surface area contributed by atoms with Gasteiger partial charge in [-0.1, -0.05) is 6.07 Å². The van der Waals surface area contributed by atoms with Crippen LogP contribution in [0, 0.1) is 6.92 Å². The lowest BCUT2D eigenvalue weighted by Crippen LogP contribution is -2.42. The lowest BCUT2D eigenvalue weighted by molar-refractivity contribution is 0.0473. The zero-order valence-corrected chi connectivity index (χ0v) is 10.8. The summed E-state index contributed by atoms with van der Waals surface area (Å²) in [5.74, 6) is 0.686. The van der Waals surface area contributed by atoms with E-state index in [4.69, 9.17) is 4.74 Å². The van der Waals surface area contributed by atoms with Crippen LogP contribution in [0.2, 0.25) is 0 Å². The van der Waals surface area contributed by atoms with Gasteiger partial charge in [0.05, 0.1) is 13.2 Å². The number of likely N-dealkylation sites (tertiary alicyclic amines) is 1. The molecule has 18 heavy (non-hydrogen) atoms. The highest BCUT2D eigenvalue weighted by molar-refractivity contribution is 5.94. The molecule has 0 bridgehead atoms. The molecule has 1 atom stereocenters. The maximum Gasteiger partial charge on any atom is 0.254 e. The van der Waals surface area contributed by atoms with Crippen molar-refractivity contribution >= 4 is 5.91 Å². The van der Waals surface area contributed by atoms with Crippen LogP contribution in [0.5, 0.6) is 5.75 Å². The minimum Gasteiger partial charge on any atom is -0.496 e. The first kappa shape index (κ1) is 12.9. The van der Waals surface area contributed by atoms with E-state index in [2.05, 4.69) is 0 Å². The number of hydrogen-bond donors (Lipinski definition) is 1. The lowest BCUT2D eigenvalue weighted by atomic mass is 10.1. The van der Waals surface area contributed by atoms with Crippen LogP contribution in [0.3, 0.4) is 0 Å². The monoisotopic (exact) mass is 249 g/mol. The van der Waals surface area contributed by atoms with Crippen LogP contribution in [0.15, 0.2) is 18.2 Å². The lowest BCUT2D eigenvalue weighted by Gasteiger charge is -2.30. The number of aliphatic hydroxyl groups excluding tert-OH is 1.